The fourth-order valence-corrected chi connectivity index (χ4v) is 6.67. The van der Waals surface area contributed by atoms with E-state index in [1.807, 2.05) is 12.3 Å². The molecule has 0 spiro atoms. The molecule has 0 radical (unpaired) electrons. The number of nitrogens with zero attached hydrogens (tertiary/aromatic N) is 5. The lowest BCUT2D eigenvalue weighted by Crippen LogP contribution is -2.40. The molecule has 1 N–H and O–H groups in total. The maximum absolute atomic E-state index is 5.67. The molecule has 0 unspecified atom stereocenters. The number of aryl methyl sites for hydroxylation is 1. The molecule has 38 heavy (non-hydrogen) atoms. The van der Waals surface area contributed by atoms with Crippen LogP contribution >= 0.6 is 0 Å². The van der Waals surface area contributed by atoms with Crippen LogP contribution in [0.25, 0.3) is 27.9 Å². The van der Waals surface area contributed by atoms with Crippen molar-refractivity contribution in [2.75, 3.05) is 33.4 Å². The van der Waals surface area contributed by atoms with Gasteiger partial charge in [0.25, 0.3) is 0 Å². The third kappa shape index (κ3) is 4.69. The first-order chi connectivity index (χ1) is 18.5. The van der Waals surface area contributed by atoms with Gasteiger partial charge in [-0.1, -0.05) is 13.8 Å². The average molecular weight is 517 g/mol. The summed E-state index contributed by atoms with van der Waals surface area (Å²) in [5, 5.41) is 4.37. The summed E-state index contributed by atoms with van der Waals surface area (Å²) in [4.78, 5) is 16.2. The second-order valence-corrected chi connectivity index (χ2v) is 11.3. The molecule has 1 saturated heterocycles. The quantitative estimate of drug-likeness (QED) is 0.358. The van der Waals surface area contributed by atoms with Gasteiger partial charge in [0.1, 0.15) is 6.33 Å². The van der Waals surface area contributed by atoms with Gasteiger partial charge in [0.2, 0.25) is 0 Å². The van der Waals surface area contributed by atoms with Gasteiger partial charge in [-0.2, -0.15) is 5.10 Å². The van der Waals surface area contributed by atoms with E-state index in [1.165, 1.54) is 55.6 Å². The molecule has 0 aromatic carbocycles. The van der Waals surface area contributed by atoms with E-state index >= 15 is 0 Å². The SMILES string of the molecule is COc1cc(-c2[nH]c3cc(C)c(C4CCC(N5CCCOCCC5)CC4)nc3c2C(C)C)cn2ncnc12. The van der Waals surface area contributed by atoms with Crippen LogP contribution in [-0.2, 0) is 4.74 Å². The first-order valence-corrected chi connectivity index (χ1v) is 14.3. The number of hydrogen-bond acceptors (Lipinski definition) is 6. The lowest BCUT2D eigenvalue weighted by molar-refractivity contribution is 0.0628. The molecular weight excluding hydrogens is 476 g/mol. The van der Waals surface area contributed by atoms with Gasteiger partial charge >= 0.3 is 0 Å². The molecule has 5 heterocycles. The summed E-state index contributed by atoms with van der Waals surface area (Å²) in [6.45, 7) is 10.9. The van der Waals surface area contributed by atoms with Crippen molar-refractivity contribution in [1.82, 2.24) is 29.5 Å². The molecule has 0 atom stereocenters. The summed E-state index contributed by atoms with van der Waals surface area (Å²) in [5.41, 5.74) is 8.84. The van der Waals surface area contributed by atoms with Crippen molar-refractivity contribution < 1.29 is 9.47 Å². The minimum atomic E-state index is 0.311. The molecule has 1 aliphatic carbocycles. The Labute approximate surface area is 224 Å². The van der Waals surface area contributed by atoms with Crippen LogP contribution in [-0.4, -0.2) is 68.9 Å². The standard InChI is InChI=1S/C30H40N6O2/c1-19(2)26-28(22-16-25(37-4)30-31-18-32-36(30)17-22)33-24-15-20(3)27(34-29(24)26)21-7-9-23(10-8-21)35-11-5-13-38-14-6-12-35/h15-19,21,23,33H,5-14H2,1-4H3. The number of rotatable bonds is 5. The van der Waals surface area contributed by atoms with Crippen LogP contribution in [0.5, 0.6) is 5.75 Å². The predicted octanol–water partition coefficient (Wildman–Crippen LogP) is 5.85. The zero-order chi connectivity index (χ0) is 26.2. The molecule has 2 aliphatic rings. The molecule has 4 aromatic rings. The highest BCUT2D eigenvalue weighted by Crippen LogP contribution is 2.40. The van der Waals surface area contributed by atoms with Crippen molar-refractivity contribution in [3.63, 3.8) is 0 Å². The number of fused-ring (bicyclic) bond motifs is 2. The lowest BCUT2D eigenvalue weighted by Gasteiger charge is -2.38. The van der Waals surface area contributed by atoms with Crippen LogP contribution < -0.4 is 4.74 Å². The van der Waals surface area contributed by atoms with Crippen LogP contribution in [0.2, 0.25) is 0 Å². The van der Waals surface area contributed by atoms with E-state index in [4.69, 9.17) is 14.5 Å². The highest BCUT2D eigenvalue weighted by atomic mass is 16.5. The van der Waals surface area contributed by atoms with Crippen LogP contribution in [0.15, 0.2) is 24.7 Å². The van der Waals surface area contributed by atoms with Gasteiger partial charge in [-0.15, -0.1) is 0 Å². The number of pyridine rings is 2. The molecule has 0 amide bonds. The fraction of sp³-hybridized carbons (Fsp3) is 0.567. The molecule has 1 aliphatic heterocycles. The molecule has 202 valence electrons. The molecule has 4 aromatic heterocycles. The summed E-state index contributed by atoms with van der Waals surface area (Å²) >= 11 is 0. The van der Waals surface area contributed by atoms with E-state index in [2.05, 4.69) is 46.8 Å². The zero-order valence-corrected chi connectivity index (χ0v) is 23.2. The van der Waals surface area contributed by atoms with Crippen LogP contribution in [0.3, 0.4) is 0 Å². The van der Waals surface area contributed by atoms with E-state index in [1.54, 1.807) is 18.0 Å². The van der Waals surface area contributed by atoms with Gasteiger partial charge in [0.15, 0.2) is 11.4 Å². The normalized spacial score (nSPS) is 21.7. The number of methoxy groups -OCH3 is 1. The third-order valence-corrected chi connectivity index (χ3v) is 8.53. The maximum Gasteiger partial charge on any atom is 0.197 e. The Balaban J connectivity index is 1.31. The van der Waals surface area contributed by atoms with Gasteiger partial charge in [-0.05, 0) is 69.1 Å². The number of ether oxygens (including phenoxy) is 2. The number of H-pyrrole nitrogens is 1. The Bertz CT molecular complexity index is 1410. The summed E-state index contributed by atoms with van der Waals surface area (Å²) in [7, 11) is 1.68. The Hall–Kier alpha value is -2.97. The first kappa shape index (κ1) is 25.3. The van der Waals surface area contributed by atoms with E-state index < -0.39 is 0 Å². The minimum absolute atomic E-state index is 0.311. The zero-order valence-electron chi connectivity index (χ0n) is 23.2. The van der Waals surface area contributed by atoms with Crippen molar-refractivity contribution in [3.8, 4) is 17.0 Å². The molecule has 2 fully saturated rings. The molecule has 8 heteroatoms. The summed E-state index contributed by atoms with van der Waals surface area (Å²) in [6.07, 6.45) is 10.8. The largest absolute Gasteiger partial charge is 0.493 e. The predicted molar refractivity (Wildman–Crippen MR) is 150 cm³/mol. The second kappa shape index (κ2) is 10.7. The number of aromatic nitrogens is 5. The Morgan fingerprint density at radius 2 is 1.84 bits per heavy atom. The fourth-order valence-electron chi connectivity index (χ4n) is 6.67. The number of hydrogen-bond donors (Lipinski definition) is 1. The second-order valence-electron chi connectivity index (χ2n) is 11.3. The number of aromatic amines is 1. The van der Waals surface area contributed by atoms with Crippen molar-refractivity contribution in [2.45, 2.75) is 77.2 Å². The maximum atomic E-state index is 5.67. The van der Waals surface area contributed by atoms with E-state index in [9.17, 15) is 0 Å². The summed E-state index contributed by atoms with van der Waals surface area (Å²) in [5.74, 6) is 1.55. The van der Waals surface area contributed by atoms with E-state index in [-0.39, 0.29) is 0 Å². The Morgan fingerprint density at radius 3 is 2.55 bits per heavy atom. The van der Waals surface area contributed by atoms with Crippen LogP contribution in [0.1, 0.15) is 81.0 Å². The molecule has 6 rings (SSSR count). The number of nitrogens with one attached hydrogen (secondary N) is 1. The van der Waals surface area contributed by atoms with Crippen molar-refractivity contribution in [1.29, 1.82) is 0 Å². The molecule has 8 nitrogen and oxygen atoms in total. The smallest absolute Gasteiger partial charge is 0.197 e. The van der Waals surface area contributed by atoms with Gasteiger partial charge in [0, 0.05) is 61.3 Å². The lowest BCUT2D eigenvalue weighted by atomic mass is 9.81. The van der Waals surface area contributed by atoms with Gasteiger partial charge < -0.3 is 19.4 Å². The van der Waals surface area contributed by atoms with Crippen molar-refractivity contribution >= 4 is 16.7 Å². The average Bonchev–Trinajstić information content (AvgIpc) is 3.52. The molecular formula is C30H40N6O2. The summed E-state index contributed by atoms with van der Waals surface area (Å²) < 4.78 is 13.1. The van der Waals surface area contributed by atoms with Crippen molar-refractivity contribution in [3.05, 3.63) is 41.5 Å². The Kier molecular flexibility index (Phi) is 7.10. The van der Waals surface area contributed by atoms with Gasteiger partial charge in [-0.3, -0.25) is 4.98 Å². The third-order valence-electron chi connectivity index (χ3n) is 8.53. The molecule has 0 bridgehead atoms. The van der Waals surface area contributed by atoms with E-state index in [0.29, 0.717) is 23.6 Å². The monoisotopic (exact) mass is 516 g/mol. The first-order valence-electron chi connectivity index (χ1n) is 14.3. The minimum Gasteiger partial charge on any atom is -0.493 e. The van der Waals surface area contributed by atoms with Gasteiger partial charge in [0.05, 0.1) is 23.8 Å². The van der Waals surface area contributed by atoms with Crippen LogP contribution in [0.4, 0.5) is 0 Å². The van der Waals surface area contributed by atoms with E-state index in [0.717, 1.165) is 54.0 Å². The highest BCUT2D eigenvalue weighted by Gasteiger charge is 2.29. The highest BCUT2D eigenvalue weighted by molar-refractivity contribution is 5.89. The molecule has 1 saturated carbocycles. The summed E-state index contributed by atoms with van der Waals surface area (Å²) in [6, 6.07) is 5.06. The topological polar surface area (TPSA) is 80.6 Å². The van der Waals surface area contributed by atoms with Gasteiger partial charge in [-0.25, -0.2) is 9.50 Å². The van der Waals surface area contributed by atoms with Crippen LogP contribution in [0, 0.1) is 6.92 Å². The van der Waals surface area contributed by atoms with Crippen molar-refractivity contribution in [2.24, 2.45) is 0 Å². The Morgan fingerprint density at radius 1 is 1.08 bits per heavy atom.